The normalized spacial score (nSPS) is 11.6. The van der Waals surface area contributed by atoms with Gasteiger partial charge >= 0.3 is 6.18 Å². The highest BCUT2D eigenvalue weighted by Crippen LogP contribution is 2.31. The molecular formula is C21H21F3N4O3S. The summed E-state index contributed by atoms with van der Waals surface area (Å²) in [6, 6.07) is 4.07. The number of fused-ring (bicyclic) bond motifs is 1. The van der Waals surface area contributed by atoms with Gasteiger partial charge in [-0.25, -0.2) is 4.98 Å². The van der Waals surface area contributed by atoms with Gasteiger partial charge in [-0.05, 0) is 50.6 Å². The minimum absolute atomic E-state index is 0.161. The second kappa shape index (κ2) is 9.11. The van der Waals surface area contributed by atoms with Crippen molar-refractivity contribution in [3.8, 4) is 0 Å². The Kier molecular flexibility index (Phi) is 6.68. The molecule has 0 aliphatic heterocycles. The van der Waals surface area contributed by atoms with E-state index in [1.165, 1.54) is 10.9 Å². The van der Waals surface area contributed by atoms with Gasteiger partial charge in [0.15, 0.2) is 0 Å². The molecule has 2 aromatic heterocycles. The summed E-state index contributed by atoms with van der Waals surface area (Å²) >= 11 is 1.00. The van der Waals surface area contributed by atoms with E-state index >= 15 is 0 Å². The number of amides is 2. The molecule has 2 amide bonds. The highest BCUT2D eigenvalue weighted by Gasteiger charge is 2.30. The molecule has 0 fully saturated rings. The second-order valence-electron chi connectivity index (χ2n) is 7.01. The summed E-state index contributed by atoms with van der Waals surface area (Å²) in [6.45, 7) is 6.16. The van der Waals surface area contributed by atoms with Crippen LogP contribution >= 0.6 is 11.3 Å². The number of nitrogens with zero attached hydrogens (tertiary/aromatic N) is 3. The van der Waals surface area contributed by atoms with Gasteiger partial charge < -0.3 is 10.2 Å². The number of aromatic nitrogens is 2. The Morgan fingerprint density at radius 2 is 1.78 bits per heavy atom. The van der Waals surface area contributed by atoms with Crippen molar-refractivity contribution in [2.45, 2.75) is 33.5 Å². The first-order chi connectivity index (χ1) is 15.1. The zero-order valence-electron chi connectivity index (χ0n) is 17.6. The van der Waals surface area contributed by atoms with Gasteiger partial charge in [0, 0.05) is 18.8 Å². The zero-order chi connectivity index (χ0) is 23.6. The van der Waals surface area contributed by atoms with Gasteiger partial charge in [-0.1, -0.05) is 0 Å². The number of thiophene rings is 1. The number of carbonyl (C=O) groups is 2. The van der Waals surface area contributed by atoms with Crippen molar-refractivity contribution in [1.29, 1.82) is 0 Å². The number of aryl methyl sites for hydroxylation is 1. The fraction of sp³-hybridized carbons (Fsp3) is 0.333. The predicted molar refractivity (Wildman–Crippen MR) is 116 cm³/mol. The van der Waals surface area contributed by atoms with Gasteiger partial charge in [0.05, 0.1) is 22.2 Å². The number of benzene rings is 1. The number of hydrogen-bond donors (Lipinski definition) is 1. The third-order valence-corrected chi connectivity index (χ3v) is 6.21. The lowest BCUT2D eigenvalue weighted by molar-refractivity contribution is -0.137. The Hall–Kier alpha value is -3.21. The van der Waals surface area contributed by atoms with Crippen molar-refractivity contribution in [3.63, 3.8) is 0 Å². The molecule has 0 unspecified atom stereocenters. The quantitative estimate of drug-likeness (QED) is 0.597. The maximum absolute atomic E-state index is 12.9. The second-order valence-corrected chi connectivity index (χ2v) is 8.01. The van der Waals surface area contributed by atoms with Gasteiger partial charge in [-0.2, -0.15) is 13.2 Å². The van der Waals surface area contributed by atoms with Crippen molar-refractivity contribution >= 4 is 39.1 Å². The maximum atomic E-state index is 12.9. The molecule has 3 rings (SSSR count). The average molecular weight is 466 g/mol. The molecule has 2 heterocycles. The van der Waals surface area contributed by atoms with Crippen LogP contribution in [0.5, 0.6) is 0 Å². The van der Waals surface area contributed by atoms with Crippen molar-refractivity contribution < 1.29 is 22.8 Å². The zero-order valence-corrected chi connectivity index (χ0v) is 18.4. The van der Waals surface area contributed by atoms with Gasteiger partial charge in [0.2, 0.25) is 5.91 Å². The molecule has 0 aliphatic carbocycles. The monoisotopic (exact) mass is 466 g/mol. The van der Waals surface area contributed by atoms with E-state index in [0.717, 1.165) is 35.6 Å². The van der Waals surface area contributed by atoms with E-state index in [2.05, 4.69) is 10.3 Å². The predicted octanol–water partition coefficient (Wildman–Crippen LogP) is 3.91. The van der Waals surface area contributed by atoms with E-state index in [9.17, 15) is 27.6 Å². The Labute approximate surface area is 185 Å². The van der Waals surface area contributed by atoms with Crippen LogP contribution in [-0.2, 0) is 17.5 Å². The van der Waals surface area contributed by atoms with Crippen molar-refractivity contribution in [3.05, 3.63) is 57.0 Å². The third kappa shape index (κ3) is 4.67. The van der Waals surface area contributed by atoms with Crippen LogP contribution in [-0.4, -0.2) is 39.4 Å². The molecule has 0 bridgehead atoms. The molecule has 0 saturated carbocycles. The largest absolute Gasteiger partial charge is 0.416 e. The Morgan fingerprint density at radius 1 is 1.16 bits per heavy atom. The van der Waals surface area contributed by atoms with Crippen LogP contribution in [0.25, 0.3) is 10.2 Å². The summed E-state index contributed by atoms with van der Waals surface area (Å²) in [5, 5.41) is 2.78. The molecule has 7 nitrogen and oxygen atoms in total. The number of likely N-dealkylation sites (N-methyl/N-ethyl adjacent to an activating group) is 1. The average Bonchev–Trinajstić information content (AvgIpc) is 3.08. The summed E-state index contributed by atoms with van der Waals surface area (Å²) in [7, 11) is 0. The van der Waals surface area contributed by atoms with Crippen LogP contribution in [0.2, 0.25) is 0 Å². The first-order valence-electron chi connectivity index (χ1n) is 9.81. The van der Waals surface area contributed by atoms with Crippen LogP contribution in [0, 0.1) is 6.92 Å². The van der Waals surface area contributed by atoms with Crippen LogP contribution in [0.3, 0.4) is 0 Å². The first-order valence-corrected chi connectivity index (χ1v) is 10.6. The molecule has 3 aromatic rings. The lowest BCUT2D eigenvalue weighted by atomic mass is 10.2. The molecule has 1 aromatic carbocycles. The van der Waals surface area contributed by atoms with Crippen LogP contribution in [0.4, 0.5) is 18.9 Å². The van der Waals surface area contributed by atoms with Crippen LogP contribution in [0.1, 0.15) is 34.6 Å². The molecule has 11 heteroatoms. The van der Waals surface area contributed by atoms with E-state index in [-0.39, 0.29) is 28.4 Å². The lowest BCUT2D eigenvalue weighted by Crippen LogP contribution is -2.36. The Bertz CT molecular complexity index is 1210. The smallest absolute Gasteiger partial charge is 0.342 e. The minimum Gasteiger partial charge on any atom is -0.342 e. The van der Waals surface area contributed by atoms with Gasteiger partial charge in [-0.3, -0.25) is 19.0 Å². The molecule has 170 valence electrons. The summed E-state index contributed by atoms with van der Waals surface area (Å²) in [4.78, 5) is 44.4. The van der Waals surface area contributed by atoms with Crippen molar-refractivity contribution in [1.82, 2.24) is 14.5 Å². The first kappa shape index (κ1) is 23.5. The van der Waals surface area contributed by atoms with Gasteiger partial charge in [0.25, 0.3) is 11.5 Å². The van der Waals surface area contributed by atoms with Gasteiger partial charge in [-0.15, -0.1) is 11.3 Å². The minimum atomic E-state index is -4.47. The van der Waals surface area contributed by atoms with E-state index in [1.807, 2.05) is 13.8 Å². The molecule has 0 atom stereocenters. The highest BCUT2D eigenvalue weighted by molar-refractivity contribution is 7.20. The van der Waals surface area contributed by atoms with E-state index in [4.69, 9.17) is 0 Å². The number of halogens is 3. The Morgan fingerprint density at radius 3 is 2.34 bits per heavy atom. The number of alkyl halides is 3. The fourth-order valence-electron chi connectivity index (χ4n) is 3.24. The fourth-order valence-corrected chi connectivity index (χ4v) is 4.28. The number of carbonyl (C=O) groups excluding carboxylic acids is 2. The maximum Gasteiger partial charge on any atom is 0.416 e. The Balaban J connectivity index is 1.87. The standard InChI is InChI=1S/C21H21F3N4O3S/c1-4-27(5-2)15(29)10-28-11-25-19-16(20(28)31)12(3)17(32-19)18(30)26-14-8-6-13(7-9-14)21(22,23)24/h6-9,11H,4-5,10H2,1-3H3,(H,26,30). The molecule has 0 spiro atoms. The van der Waals surface area contributed by atoms with Crippen molar-refractivity contribution in [2.75, 3.05) is 18.4 Å². The molecule has 32 heavy (non-hydrogen) atoms. The summed E-state index contributed by atoms with van der Waals surface area (Å²) in [5.74, 6) is -0.776. The third-order valence-electron chi connectivity index (χ3n) is 5.02. The number of anilines is 1. The van der Waals surface area contributed by atoms with E-state index in [0.29, 0.717) is 23.5 Å². The SMILES string of the molecule is CCN(CC)C(=O)Cn1cnc2sc(C(=O)Nc3ccc(C(F)(F)F)cc3)c(C)c2c1=O. The molecule has 0 saturated heterocycles. The molecule has 0 radical (unpaired) electrons. The van der Waals surface area contributed by atoms with Crippen molar-refractivity contribution in [2.24, 2.45) is 0 Å². The number of hydrogen-bond acceptors (Lipinski definition) is 5. The van der Waals surface area contributed by atoms with E-state index in [1.54, 1.807) is 11.8 Å². The highest BCUT2D eigenvalue weighted by atomic mass is 32.1. The summed E-state index contributed by atoms with van der Waals surface area (Å²) < 4.78 is 39.3. The van der Waals surface area contributed by atoms with Crippen LogP contribution < -0.4 is 10.9 Å². The summed E-state index contributed by atoms with van der Waals surface area (Å²) in [5.41, 5.74) is -0.665. The number of nitrogens with one attached hydrogen (secondary N) is 1. The lowest BCUT2D eigenvalue weighted by Gasteiger charge is -2.18. The summed E-state index contributed by atoms with van der Waals surface area (Å²) in [6.07, 6.45) is -3.19. The number of rotatable bonds is 6. The van der Waals surface area contributed by atoms with Gasteiger partial charge in [0.1, 0.15) is 11.4 Å². The molecular weight excluding hydrogens is 445 g/mol. The molecule has 0 aliphatic rings. The molecule has 1 N–H and O–H groups in total. The topological polar surface area (TPSA) is 84.3 Å². The van der Waals surface area contributed by atoms with Crippen LogP contribution in [0.15, 0.2) is 35.4 Å². The van der Waals surface area contributed by atoms with E-state index < -0.39 is 23.2 Å².